The van der Waals surface area contributed by atoms with Gasteiger partial charge in [-0.2, -0.15) is 0 Å². The highest BCUT2D eigenvalue weighted by Crippen LogP contribution is 2.34. The molecule has 0 atom stereocenters. The second-order valence-corrected chi connectivity index (χ2v) is 9.95. The van der Waals surface area contributed by atoms with Crippen molar-refractivity contribution in [2.75, 3.05) is 29.0 Å². The summed E-state index contributed by atoms with van der Waals surface area (Å²) in [5.74, 6) is -0.200. The van der Waals surface area contributed by atoms with Gasteiger partial charge in [0.1, 0.15) is 4.83 Å². The van der Waals surface area contributed by atoms with E-state index in [-0.39, 0.29) is 12.5 Å². The number of sulfonamides is 1. The maximum absolute atomic E-state index is 12.5. The van der Waals surface area contributed by atoms with Crippen LogP contribution in [-0.4, -0.2) is 38.7 Å². The number of thiazole rings is 1. The first kappa shape index (κ1) is 20.6. The molecule has 2 heterocycles. The second-order valence-electron chi connectivity index (χ2n) is 6.16. The molecule has 3 rings (SSSR count). The predicted molar refractivity (Wildman–Crippen MR) is 117 cm³/mol. The lowest BCUT2D eigenvalue weighted by molar-refractivity contribution is 0.0955. The lowest BCUT2D eigenvalue weighted by Crippen LogP contribution is -2.23. The second kappa shape index (κ2) is 8.46. The predicted octanol–water partition coefficient (Wildman–Crippen LogP) is 3.51. The number of fused-ring (bicyclic) bond motifs is 1. The van der Waals surface area contributed by atoms with E-state index < -0.39 is 10.0 Å². The van der Waals surface area contributed by atoms with Crippen LogP contribution in [0.15, 0.2) is 30.3 Å². The van der Waals surface area contributed by atoms with Crippen LogP contribution < -0.4 is 14.9 Å². The standard InChI is InChI=1S/C18H22N4O3S3/c1-4-22(5-2)18-20-17-15(27-18)10-14(26-17)16(23)19-11-12-8-6-7-9-13(12)21-28(3,24)25/h6-10,21H,4-5,11H2,1-3H3,(H,19,23). The van der Waals surface area contributed by atoms with Gasteiger partial charge in [0.15, 0.2) is 5.13 Å². The van der Waals surface area contributed by atoms with Gasteiger partial charge < -0.3 is 10.2 Å². The quantitative estimate of drug-likeness (QED) is 0.562. The molecule has 0 saturated heterocycles. The van der Waals surface area contributed by atoms with Crippen LogP contribution in [0.5, 0.6) is 0 Å². The topological polar surface area (TPSA) is 91.4 Å². The first-order chi connectivity index (χ1) is 13.3. The summed E-state index contributed by atoms with van der Waals surface area (Å²) in [5.41, 5.74) is 1.16. The van der Waals surface area contributed by atoms with Gasteiger partial charge in [-0.15, -0.1) is 11.3 Å². The number of thiophene rings is 1. The van der Waals surface area contributed by atoms with Crippen LogP contribution in [0.1, 0.15) is 29.1 Å². The molecular formula is C18H22N4O3S3. The van der Waals surface area contributed by atoms with Crippen molar-refractivity contribution in [2.45, 2.75) is 20.4 Å². The SMILES string of the molecule is CCN(CC)c1nc2sc(C(=O)NCc3ccccc3NS(C)(=O)=O)cc2s1. The van der Waals surface area contributed by atoms with Crippen LogP contribution in [0.4, 0.5) is 10.8 Å². The first-order valence-electron chi connectivity index (χ1n) is 8.80. The van der Waals surface area contributed by atoms with Crippen LogP contribution >= 0.6 is 22.7 Å². The molecule has 1 amide bonds. The smallest absolute Gasteiger partial charge is 0.261 e. The third-order valence-electron chi connectivity index (χ3n) is 4.09. The molecule has 2 aromatic heterocycles. The van der Waals surface area contributed by atoms with E-state index in [0.29, 0.717) is 16.1 Å². The molecule has 0 fully saturated rings. The van der Waals surface area contributed by atoms with Crippen LogP contribution in [0.25, 0.3) is 9.53 Å². The van der Waals surface area contributed by atoms with Gasteiger partial charge in [-0.05, 0) is 31.5 Å². The molecule has 0 bridgehead atoms. The van der Waals surface area contributed by atoms with Crippen molar-refractivity contribution in [3.8, 4) is 0 Å². The summed E-state index contributed by atoms with van der Waals surface area (Å²) < 4.78 is 26.5. The number of nitrogens with one attached hydrogen (secondary N) is 2. The van der Waals surface area contributed by atoms with Crippen LogP contribution in [0.2, 0.25) is 0 Å². The lowest BCUT2D eigenvalue weighted by atomic mass is 10.2. The summed E-state index contributed by atoms with van der Waals surface area (Å²) in [6, 6.07) is 8.85. The molecule has 3 aromatic rings. The largest absolute Gasteiger partial charge is 0.349 e. The Morgan fingerprint density at radius 1 is 1.18 bits per heavy atom. The zero-order valence-corrected chi connectivity index (χ0v) is 18.3. The number of nitrogens with zero attached hydrogens (tertiary/aromatic N) is 2. The van der Waals surface area contributed by atoms with Gasteiger partial charge in [-0.1, -0.05) is 29.5 Å². The Hall–Kier alpha value is -2.17. The Morgan fingerprint density at radius 2 is 1.89 bits per heavy atom. The maximum Gasteiger partial charge on any atom is 0.261 e. The number of amides is 1. The van der Waals surface area contributed by atoms with Crippen molar-refractivity contribution in [1.29, 1.82) is 0 Å². The first-order valence-corrected chi connectivity index (χ1v) is 12.3. The number of anilines is 2. The number of carbonyl (C=O) groups excluding carboxylic acids is 1. The van der Waals surface area contributed by atoms with E-state index >= 15 is 0 Å². The molecule has 0 spiro atoms. The summed E-state index contributed by atoms with van der Waals surface area (Å²) in [7, 11) is -3.39. The normalized spacial score (nSPS) is 11.5. The van der Waals surface area contributed by atoms with Crippen LogP contribution in [0, 0.1) is 0 Å². The molecule has 1 aromatic carbocycles. The fourth-order valence-corrected chi connectivity index (χ4v) is 5.55. The van der Waals surface area contributed by atoms with E-state index in [1.54, 1.807) is 35.6 Å². The third kappa shape index (κ3) is 4.81. The van der Waals surface area contributed by atoms with Gasteiger partial charge in [0.25, 0.3) is 5.91 Å². The molecule has 7 nitrogen and oxygen atoms in total. The fraction of sp³-hybridized carbons (Fsp3) is 0.333. The maximum atomic E-state index is 12.5. The van der Waals surface area contributed by atoms with Gasteiger partial charge in [-0.3, -0.25) is 9.52 Å². The Bertz CT molecular complexity index is 1050. The summed E-state index contributed by atoms with van der Waals surface area (Å²) >= 11 is 2.95. The highest BCUT2D eigenvalue weighted by Gasteiger charge is 2.16. The molecule has 0 aliphatic rings. The van der Waals surface area contributed by atoms with Crippen molar-refractivity contribution < 1.29 is 13.2 Å². The number of carbonyl (C=O) groups is 1. The minimum absolute atomic E-state index is 0.200. The van der Waals surface area contributed by atoms with Gasteiger partial charge in [0, 0.05) is 19.6 Å². The van der Waals surface area contributed by atoms with E-state index in [0.717, 1.165) is 34.0 Å². The molecule has 0 unspecified atom stereocenters. The monoisotopic (exact) mass is 438 g/mol. The van der Waals surface area contributed by atoms with E-state index in [4.69, 9.17) is 0 Å². The number of benzene rings is 1. The number of rotatable bonds is 8. The number of hydrogen-bond acceptors (Lipinski definition) is 7. The summed E-state index contributed by atoms with van der Waals surface area (Å²) in [4.78, 5) is 20.8. The lowest BCUT2D eigenvalue weighted by Gasteiger charge is -2.16. The van der Waals surface area contributed by atoms with Crippen molar-refractivity contribution in [1.82, 2.24) is 10.3 Å². The van der Waals surface area contributed by atoms with Gasteiger partial charge in [0.05, 0.1) is 21.5 Å². The van der Waals surface area contributed by atoms with Crippen molar-refractivity contribution in [3.05, 3.63) is 40.8 Å². The van der Waals surface area contributed by atoms with E-state index in [2.05, 4.69) is 33.8 Å². The Balaban J connectivity index is 1.71. The van der Waals surface area contributed by atoms with Crippen LogP contribution in [0.3, 0.4) is 0 Å². The molecule has 0 saturated carbocycles. The Kier molecular flexibility index (Phi) is 6.21. The zero-order chi connectivity index (χ0) is 20.3. The third-order valence-corrected chi connectivity index (χ3v) is 6.90. The highest BCUT2D eigenvalue weighted by molar-refractivity contribution is 7.92. The number of para-hydroxylation sites is 1. The van der Waals surface area contributed by atoms with E-state index in [1.807, 2.05) is 6.07 Å². The molecule has 28 heavy (non-hydrogen) atoms. The Labute approximate surface area is 172 Å². The number of aromatic nitrogens is 1. The van der Waals surface area contributed by atoms with Gasteiger partial charge in [-0.25, -0.2) is 13.4 Å². The summed E-state index contributed by atoms with van der Waals surface area (Å²) in [6.07, 6.45) is 1.10. The molecule has 2 N–H and O–H groups in total. The molecule has 0 radical (unpaired) electrons. The fourth-order valence-electron chi connectivity index (χ4n) is 2.70. The Morgan fingerprint density at radius 3 is 2.54 bits per heavy atom. The molecule has 0 aliphatic carbocycles. The van der Waals surface area contributed by atoms with E-state index in [9.17, 15) is 13.2 Å². The molecule has 0 aliphatic heterocycles. The summed E-state index contributed by atoms with van der Waals surface area (Å²) in [6.45, 7) is 6.20. The van der Waals surface area contributed by atoms with Crippen molar-refractivity contribution in [2.24, 2.45) is 0 Å². The van der Waals surface area contributed by atoms with Crippen LogP contribution in [-0.2, 0) is 16.6 Å². The van der Waals surface area contributed by atoms with Crippen molar-refractivity contribution in [3.63, 3.8) is 0 Å². The zero-order valence-electron chi connectivity index (χ0n) is 15.9. The van der Waals surface area contributed by atoms with Gasteiger partial charge in [0.2, 0.25) is 10.0 Å². The molecule has 10 heteroatoms. The minimum atomic E-state index is -3.39. The van der Waals surface area contributed by atoms with Crippen molar-refractivity contribution >= 4 is 59.0 Å². The summed E-state index contributed by atoms with van der Waals surface area (Å²) in [5, 5.41) is 3.83. The average molecular weight is 439 g/mol. The van der Waals surface area contributed by atoms with E-state index in [1.165, 1.54) is 11.3 Å². The highest BCUT2D eigenvalue weighted by atomic mass is 32.2. The molecular weight excluding hydrogens is 416 g/mol. The average Bonchev–Trinajstić information content (AvgIpc) is 3.20. The molecule has 150 valence electrons. The number of hydrogen-bond donors (Lipinski definition) is 2. The minimum Gasteiger partial charge on any atom is -0.349 e. The van der Waals surface area contributed by atoms with Gasteiger partial charge >= 0.3 is 0 Å².